The Morgan fingerprint density at radius 2 is 1.94 bits per heavy atom. The first-order chi connectivity index (χ1) is 8.08. The van der Waals surface area contributed by atoms with Crippen molar-refractivity contribution in [1.82, 2.24) is 10.6 Å². The monoisotopic (exact) mass is 242 g/mol. The molecule has 1 fully saturated rings. The molecular formula is C12H22N2O3. The molecule has 0 bridgehead atoms. The summed E-state index contributed by atoms with van der Waals surface area (Å²) in [6, 6.07) is -0.235. The molecule has 98 valence electrons. The van der Waals surface area contributed by atoms with Gasteiger partial charge in [0.25, 0.3) is 0 Å². The fourth-order valence-corrected chi connectivity index (χ4v) is 2.35. The van der Waals surface area contributed by atoms with E-state index in [2.05, 4.69) is 17.6 Å². The van der Waals surface area contributed by atoms with Gasteiger partial charge in [-0.1, -0.05) is 26.2 Å². The first-order valence-electron chi connectivity index (χ1n) is 6.36. The quantitative estimate of drug-likeness (QED) is 0.622. The highest BCUT2D eigenvalue weighted by Gasteiger charge is 2.37. The second-order valence-corrected chi connectivity index (χ2v) is 4.79. The number of carbonyl (C=O) groups excluding carboxylic acids is 1. The van der Waals surface area contributed by atoms with Crippen molar-refractivity contribution in [2.45, 2.75) is 57.4 Å². The zero-order chi connectivity index (χ0) is 12.7. The van der Waals surface area contributed by atoms with E-state index in [9.17, 15) is 9.59 Å². The van der Waals surface area contributed by atoms with Gasteiger partial charge in [0.1, 0.15) is 0 Å². The Kier molecular flexibility index (Phi) is 5.25. The second kappa shape index (κ2) is 6.47. The summed E-state index contributed by atoms with van der Waals surface area (Å²) < 4.78 is 0. The predicted molar refractivity (Wildman–Crippen MR) is 64.9 cm³/mol. The molecule has 1 rings (SSSR count). The third-order valence-electron chi connectivity index (χ3n) is 3.24. The molecule has 0 heterocycles. The molecule has 5 nitrogen and oxygen atoms in total. The summed E-state index contributed by atoms with van der Waals surface area (Å²) in [6.07, 6.45) is 5.50. The molecule has 17 heavy (non-hydrogen) atoms. The molecule has 0 radical (unpaired) electrons. The number of hydrogen-bond donors (Lipinski definition) is 3. The molecule has 0 aromatic carbocycles. The van der Waals surface area contributed by atoms with Crippen LogP contribution in [0.25, 0.3) is 0 Å². The lowest BCUT2D eigenvalue weighted by Crippen LogP contribution is -2.51. The smallest absolute Gasteiger partial charge is 0.315 e. The van der Waals surface area contributed by atoms with Gasteiger partial charge in [-0.25, -0.2) is 4.79 Å². The number of carboxylic acid groups (broad SMARTS) is 1. The van der Waals surface area contributed by atoms with E-state index in [1.54, 1.807) is 0 Å². The van der Waals surface area contributed by atoms with Gasteiger partial charge in [0.05, 0.1) is 12.0 Å². The molecule has 0 saturated heterocycles. The van der Waals surface area contributed by atoms with Crippen LogP contribution in [-0.2, 0) is 4.79 Å². The van der Waals surface area contributed by atoms with Crippen LogP contribution in [0.5, 0.6) is 0 Å². The maximum Gasteiger partial charge on any atom is 0.315 e. The van der Waals surface area contributed by atoms with Crippen molar-refractivity contribution in [3.05, 3.63) is 0 Å². The SMILES string of the molecule is CCCCNC(=O)NC1(CC(=O)O)CCCC1. The minimum atomic E-state index is -0.847. The summed E-state index contributed by atoms with van der Waals surface area (Å²) in [4.78, 5) is 22.5. The van der Waals surface area contributed by atoms with Crippen LogP contribution < -0.4 is 10.6 Å². The third-order valence-corrected chi connectivity index (χ3v) is 3.24. The molecule has 0 aromatic rings. The van der Waals surface area contributed by atoms with Crippen molar-refractivity contribution in [2.24, 2.45) is 0 Å². The standard InChI is InChI=1S/C12H22N2O3/c1-2-3-8-13-11(17)14-12(9-10(15)16)6-4-5-7-12/h2-9H2,1H3,(H,15,16)(H2,13,14,17). The van der Waals surface area contributed by atoms with Gasteiger partial charge in [-0.15, -0.1) is 0 Å². The van der Waals surface area contributed by atoms with E-state index in [1.807, 2.05) is 0 Å². The van der Waals surface area contributed by atoms with Crippen LogP contribution in [0.15, 0.2) is 0 Å². The van der Waals surface area contributed by atoms with Crippen LogP contribution in [0, 0.1) is 0 Å². The van der Waals surface area contributed by atoms with Crippen LogP contribution >= 0.6 is 0 Å². The number of amides is 2. The molecule has 0 unspecified atom stereocenters. The molecule has 2 amide bonds. The van der Waals surface area contributed by atoms with Gasteiger partial charge in [-0.05, 0) is 19.3 Å². The van der Waals surface area contributed by atoms with Crippen LogP contribution in [0.3, 0.4) is 0 Å². The summed E-state index contributed by atoms with van der Waals surface area (Å²) in [5, 5.41) is 14.5. The molecule has 1 aliphatic carbocycles. The van der Waals surface area contributed by atoms with Gasteiger partial charge in [0.2, 0.25) is 0 Å². The van der Waals surface area contributed by atoms with Gasteiger partial charge in [0.15, 0.2) is 0 Å². The van der Waals surface area contributed by atoms with Gasteiger partial charge in [0, 0.05) is 6.54 Å². The van der Waals surface area contributed by atoms with E-state index >= 15 is 0 Å². The molecule has 0 atom stereocenters. The Morgan fingerprint density at radius 3 is 2.47 bits per heavy atom. The van der Waals surface area contributed by atoms with Gasteiger partial charge in [-0.3, -0.25) is 4.79 Å². The molecular weight excluding hydrogens is 220 g/mol. The van der Waals surface area contributed by atoms with Crippen LogP contribution in [0.2, 0.25) is 0 Å². The number of unbranched alkanes of at least 4 members (excludes halogenated alkanes) is 1. The Labute approximate surface area is 102 Å². The van der Waals surface area contributed by atoms with E-state index in [-0.39, 0.29) is 12.5 Å². The Balaban J connectivity index is 2.43. The fourth-order valence-electron chi connectivity index (χ4n) is 2.35. The van der Waals surface area contributed by atoms with Crippen molar-refractivity contribution in [2.75, 3.05) is 6.54 Å². The first-order valence-corrected chi connectivity index (χ1v) is 6.36. The summed E-state index contributed by atoms with van der Waals surface area (Å²) in [7, 11) is 0. The number of hydrogen-bond acceptors (Lipinski definition) is 2. The largest absolute Gasteiger partial charge is 0.481 e. The Bertz CT molecular complexity index is 273. The number of rotatable bonds is 6. The van der Waals surface area contributed by atoms with E-state index < -0.39 is 11.5 Å². The average Bonchev–Trinajstić information content (AvgIpc) is 2.65. The summed E-state index contributed by atoms with van der Waals surface area (Å²) in [6.45, 7) is 2.70. The van der Waals surface area contributed by atoms with Gasteiger partial charge < -0.3 is 15.7 Å². The van der Waals surface area contributed by atoms with Crippen LogP contribution in [-0.4, -0.2) is 29.2 Å². The highest BCUT2D eigenvalue weighted by molar-refractivity contribution is 5.76. The highest BCUT2D eigenvalue weighted by atomic mass is 16.4. The van der Waals surface area contributed by atoms with E-state index in [0.717, 1.165) is 38.5 Å². The highest BCUT2D eigenvalue weighted by Crippen LogP contribution is 2.32. The molecule has 1 aliphatic rings. The lowest BCUT2D eigenvalue weighted by Gasteiger charge is -2.28. The summed E-state index contributed by atoms with van der Waals surface area (Å²) >= 11 is 0. The van der Waals surface area contributed by atoms with Crippen molar-refractivity contribution in [3.63, 3.8) is 0 Å². The molecule has 0 spiro atoms. The zero-order valence-electron chi connectivity index (χ0n) is 10.4. The van der Waals surface area contributed by atoms with Crippen LogP contribution in [0.1, 0.15) is 51.9 Å². The third kappa shape index (κ3) is 4.63. The molecule has 5 heteroatoms. The Morgan fingerprint density at radius 1 is 1.29 bits per heavy atom. The van der Waals surface area contributed by atoms with Crippen molar-refractivity contribution in [1.29, 1.82) is 0 Å². The minimum Gasteiger partial charge on any atom is -0.481 e. The first kappa shape index (κ1) is 13.8. The number of carboxylic acids is 1. The number of nitrogens with one attached hydrogen (secondary N) is 2. The molecule has 0 aromatic heterocycles. The lowest BCUT2D eigenvalue weighted by atomic mass is 9.93. The number of aliphatic carboxylic acids is 1. The van der Waals surface area contributed by atoms with Crippen molar-refractivity contribution >= 4 is 12.0 Å². The zero-order valence-corrected chi connectivity index (χ0v) is 10.4. The fraction of sp³-hybridized carbons (Fsp3) is 0.833. The normalized spacial score (nSPS) is 17.7. The number of urea groups is 1. The molecule has 0 aliphatic heterocycles. The van der Waals surface area contributed by atoms with Gasteiger partial charge in [-0.2, -0.15) is 0 Å². The summed E-state index contributed by atoms with van der Waals surface area (Å²) in [5.41, 5.74) is -0.526. The lowest BCUT2D eigenvalue weighted by molar-refractivity contribution is -0.138. The van der Waals surface area contributed by atoms with Crippen LogP contribution in [0.4, 0.5) is 4.79 Å². The molecule has 3 N–H and O–H groups in total. The average molecular weight is 242 g/mol. The summed E-state index contributed by atoms with van der Waals surface area (Å²) in [5.74, 6) is -0.847. The maximum absolute atomic E-state index is 11.6. The van der Waals surface area contributed by atoms with Crippen molar-refractivity contribution < 1.29 is 14.7 Å². The van der Waals surface area contributed by atoms with E-state index in [4.69, 9.17) is 5.11 Å². The number of carbonyl (C=O) groups is 2. The minimum absolute atomic E-state index is 0.0220. The Hall–Kier alpha value is -1.26. The van der Waals surface area contributed by atoms with Gasteiger partial charge >= 0.3 is 12.0 Å². The van der Waals surface area contributed by atoms with E-state index in [0.29, 0.717) is 6.54 Å². The van der Waals surface area contributed by atoms with Crippen molar-refractivity contribution in [3.8, 4) is 0 Å². The molecule has 1 saturated carbocycles. The topological polar surface area (TPSA) is 78.4 Å². The predicted octanol–water partition coefficient (Wildman–Crippen LogP) is 1.87. The second-order valence-electron chi connectivity index (χ2n) is 4.79. The van der Waals surface area contributed by atoms with E-state index in [1.165, 1.54) is 0 Å². The maximum atomic E-state index is 11.6.